The van der Waals surface area contributed by atoms with Crippen molar-refractivity contribution in [3.63, 3.8) is 0 Å². The number of aromatic nitrogens is 1. The number of rotatable bonds is 6. The molecule has 1 aliphatic heterocycles. The Bertz CT molecular complexity index is 832. The molecule has 3 rings (SSSR count). The van der Waals surface area contributed by atoms with Crippen molar-refractivity contribution in [2.75, 3.05) is 32.1 Å². The van der Waals surface area contributed by atoms with E-state index in [1.54, 1.807) is 6.20 Å². The lowest BCUT2D eigenvalue weighted by Gasteiger charge is -2.15. The number of nitrogens with one attached hydrogen (secondary N) is 1. The van der Waals surface area contributed by atoms with E-state index in [-0.39, 0.29) is 36.9 Å². The van der Waals surface area contributed by atoms with Crippen LogP contribution in [0, 0.1) is 0 Å². The van der Waals surface area contributed by atoms with Crippen LogP contribution in [0.15, 0.2) is 59.9 Å². The summed E-state index contributed by atoms with van der Waals surface area (Å²) in [5, 5.41) is 12.1. The molecule has 1 aromatic carbocycles. The summed E-state index contributed by atoms with van der Waals surface area (Å²) in [6.07, 6.45) is 1.72. The first-order chi connectivity index (χ1) is 12.6. The smallest absolute Gasteiger partial charge is 0.337 e. The Kier molecular flexibility index (Phi) is 5.28. The number of carbonyl (C=O) groups excluding carboxylic acids is 2. The SMILES string of the molecule is COC(=O)C1=C(Nc2ccc(-c3ccccn3)cc2)C(=O)N(CCO)C1. The predicted molar refractivity (Wildman–Crippen MR) is 96.0 cm³/mol. The number of aliphatic hydroxyl groups is 1. The molecule has 0 aliphatic carbocycles. The average Bonchev–Trinajstić information content (AvgIpc) is 2.99. The highest BCUT2D eigenvalue weighted by Crippen LogP contribution is 2.24. The maximum Gasteiger partial charge on any atom is 0.337 e. The van der Waals surface area contributed by atoms with Crippen molar-refractivity contribution in [2.24, 2.45) is 0 Å². The molecule has 2 heterocycles. The second kappa shape index (κ2) is 7.79. The lowest BCUT2D eigenvalue weighted by molar-refractivity contribution is -0.136. The van der Waals surface area contributed by atoms with Crippen molar-refractivity contribution in [3.05, 3.63) is 59.9 Å². The summed E-state index contributed by atoms with van der Waals surface area (Å²) >= 11 is 0. The molecular formula is C19H19N3O4. The quantitative estimate of drug-likeness (QED) is 0.763. The summed E-state index contributed by atoms with van der Waals surface area (Å²) in [4.78, 5) is 30.2. The number of benzene rings is 1. The minimum Gasteiger partial charge on any atom is -0.466 e. The number of carbonyl (C=O) groups is 2. The van der Waals surface area contributed by atoms with Gasteiger partial charge in [0.15, 0.2) is 0 Å². The Morgan fingerprint density at radius 1 is 1.27 bits per heavy atom. The van der Waals surface area contributed by atoms with Gasteiger partial charge in [-0.15, -0.1) is 0 Å². The van der Waals surface area contributed by atoms with Gasteiger partial charge in [-0.05, 0) is 24.3 Å². The van der Waals surface area contributed by atoms with Gasteiger partial charge in [0.25, 0.3) is 5.91 Å². The van der Waals surface area contributed by atoms with E-state index < -0.39 is 5.97 Å². The maximum absolute atomic E-state index is 12.5. The van der Waals surface area contributed by atoms with Crippen molar-refractivity contribution in [1.29, 1.82) is 0 Å². The van der Waals surface area contributed by atoms with Crippen LogP contribution < -0.4 is 5.32 Å². The molecule has 0 saturated heterocycles. The molecule has 0 bridgehead atoms. The number of methoxy groups -OCH3 is 1. The molecular weight excluding hydrogens is 334 g/mol. The molecule has 1 aliphatic rings. The predicted octanol–water partition coefficient (Wildman–Crippen LogP) is 1.42. The maximum atomic E-state index is 12.5. The zero-order valence-electron chi connectivity index (χ0n) is 14.3. The van der Waals surface area contributed by atoms with E-state index in [0.29, 0.717) is 5.69 Å². The topological polar surface area (TPSA) is 91.8 Å². The van der Waals surface area contributed by atoms with E-state index >= 15 is 0 Å². The van der Waals surface area contributed by atoms with Crippen LogP contribution in [-0.2, 0) is 14.3 Å². The number of anilines is 1. The third kappa shape index (κ3) is 3.57. The number of hydrogen-bond acceptors (Lipinski definition) is 6. The zero-order valence-corrected chi connectivity index (χ0v) is 14.3. The first-order valence-electron chi connectivity index (χ1n) is 8.14. The number of pyridine rings is 1. The van der Waals surface area contributed by atoms with Crippen LogP contribution in [0.25, 0.3) is 11.3 Å². The van der Waals surface area contributed by atoms with Crippen LogP contribution in [-0.4, -0.2) is 53.7 Å². The minimum absolute atomic E-state index is 0.112. The van der Waals surface area contributed by atoms with Crippen molar-refractivity contribution >= 4 is 17.6 Å². The highest BCUT2D eigenvalue weighted by molar-refractivity contribution is 6.08. The van der Waals surface area contributed by atoms with Gasteiger partial charge in [-0.25, -0.2) is 4.79 Å². The van der Waals surface area contributed by atoms with Gasteiger partial charge in [-0.1, -0.05) is 18.2 Å². The molecule has 26 heavy (non-hydrogen) atoms. The van der Waals surface area contributed by atoms with Crippen LogP contribution in [0.4, 0.5) is 5.69 Å². The summed E-state index contributed by atoms with van der Waals surface area (Å²) in [7, 11) is 1.27. The van der Waals surface area contributed by atoms with Gasteiger partial charge in [0, 0.05) is 24.0 Å². The van der Waals surface area contributed by atoms with Crippen LogP contribution in [0.1, 0.15) is 0 Å². The summed E-state index contributed by atoms with van der Waals surface area (Å²) in [5.74, 6) is -0.903. The molecule has 134 valence electrons. The Labute approximate surface area is 150 Å². The molecule has 0 spiro atoms. The lowest BCUT2D eigenvalue weighted by Crippen LogP contribution is -2.31. The Balaban J connectivity index is 1.83. The van der Waals surface area contributed by atoms with Gasteiger partial charge in [0.2, 0.25) is 0 Å². The van der Waals surface area contributed by atoms with Crippen molar-refractivity contribution in [3.8, 4) is 11.3 Å². The Morgan fingerprint density at radius 3 is 2.65 bits per heavy atom. The molecule has 2 N–H and O–H groups in total. The second-order valence-corrected chi connectivity index (χ2v) is 5.71. The Morgan fingerprint density at radius 2 is 2.04 bits per heavy atom. The molecule has 2 aromatic rings. The molecule has 0 atom stereocenters. The van der Waals surface area contributed by atoms with E-state index in [9.17, 15) is 9.59 Å². The van der Waals surface area contributed by atoms with Gasteiger partial charge < -0.3 is 20.1 Å². The first-order valence-corrected chi connectivity index (χ1v) is 8.14. The first kappa shape index (κ1) is 17.6. The average molecular weight is 353 g/mol. The van der Waals surface area contributed by atoms with E-state index in [1.165, 1.54) is 12.0 Å². The van der Waals surface area contributed by atoms with Gasteiger partial charge >= 0.3 is 5.97 Å². The van der Waals surface area contributed by atoms with Gasteiger partial charge in [0.1, 0.15) is 5.70 Å². The number of nitrogens with zero attached hydrogens (tertiary/aromatic N) is 2. The summed E-state index contributed by atoms with van der Waals surface area (Å²) in [6, 6.07) is 13.1. The Hall–Kier alpha value is -3.19. The standard InChI is InChI=1S/C19H19N3O4/c1-26-19(25)15-12-22(10-11-23)18(24)17(15)21-14-7-5-13(6-8-14)16-4-2-3-9-20-16/h2-9,21,23H,10-12H2,1H3. The highest BCUT2D eigenvalue weighted by atomic mass is 16.5. The molecule has 1 amide bonds. The molecule has 0 saturated carbocycles. The van der Waals surface area contributed by atoms with Crippen molar-refractivity contribution < 1.29 is 19.4 Å². The normalized spacial score (nSPS) is 13.9. The van der Waals surface area contributed by atoms with E-state index in [1.807, 2.05) is 42.5 Å². The largest absolute Gasteiger partial charge is 0.466 e. The molecule has 1 aromatic heterocycles. The highest BCUT2D eigenvalue weighted by Gasteiger charge is 2.34. The van der Waals surface area contributed by atoms with E-state index in [0.717, 1.165) is 11.3 Å². The van der Waals surface area contributed by atoms with Crippen molar-refractivity contribution in [2.45, 2.75) is 0 Å². The third-order valence-corrected chi connectivity index (χ3v) is 4.07. The summed E-state index contributed by atoms with van der Waals surface area (Å²) in [5.41, 5.74) is 2.88. The van der Waals surface area contributed by atoms with Gasteiger partial charge in [-0.2, -0.15) is 0 Å². The second-order valence-electron chi connectivity index (χ2n) is 5.71. The van der Waals surface area contributed by atoms with E-state index in [2.05, 4.69) is 10.3 Å². The van der Waals surface area contributed by atoms with Crippen LogP contribution in [0.3, 0.4) is 0 Å². The van der Waals surface area contributed by atoms with Crippen LogP contribution in [0.5, 0.6) is 0 Å². The number of ether oxygens (including phenoxy) is 1. The van der Waals surface area contributed by atoms with Crippen molar-refractivity contribution in [1.82, 2.24) is 9.88 Å². The fourth-order valence-corrected chi connectivity index (χ4v) is 2.75. The molecule has 0 radical (unpaired) electrons. The molecule has 7 nitrogen and oxygen atoms in total. The zero-order chi connectivity index (χ0) is 18.5. The lowest BCUT2D eigenvalue weighted by atomic mass is 10.1. The number of β-amino-alcohol motifs (C(OH)–C–C–N with tert-alkyl or cyclic N) is 1. The fraction of sp³-hybridized carbons (Fsp3) is 0.211. The van der Waals surface area contributed by atoms with Crippen LogP contribution in [0.2, 0.25) is 0 Å². The number of hydrogen-bond donors (Lipinski definition) is 2. The molecule has 7 heteroatoms. The van der Waals surface area contributed by atoms with Gasteiger partial charge in [-0.3, -0.25) is 9.78 Å². The number of esters is 1. The fourth-order valence-electron chi connectivity index (χ4n) is 2.75. The summed E-state index contributed by atoms with van der Waals surface area (Å²) in [6.45, 7) is 0.0930. The molecule has 0 unspecified atom stereocenters. The molecule has 0 fully saturated rings. The minimum atomic E-state index is -0.564. The summed E-state index contributed by atoms with van der Waals surface area (Å²) < 4.78 is 4.77. The van der Waals surface area contributed by atoms with Crippen LogP contribution >= 0.6 is 0 Å². The number of aliphatic hydroxyl groups excluding tert-OH is 1. The monoisotopic (exact) mass is 353 g/mol. The van der Waals surface area contributed by atoms with Gasteiger partial charge in [0.05, 0.1) is 31.5 Å². The number of amides is 1. The third-order valence-electron chi connectivity index (χ3n) is 4.07. The van der Waals surface area contributed by atoms with E-state index in [4.69, 9.17) is 9.84 Å².